The highest BCUT2D eigenvalue weighted by molar-refractivity contribution is 7.97. The van der Waals surface area contributed by atoms with Gasteiger partial charge in [-0.3, -0.25) is 9.20 Å². The van der Waals surface area contributed by atoms with Crippen LogP contribution in [0.3, 0.4) is 0 Å². The lowest BCUT2D eigenvalue weighted by Gasteiger charge is -2.04. The number of aromatic nitrogens is 3. The first-order valence-electron chi connectivity index (χ1n) is 8.27. The molecular formula is C20H17N3O2S. The summed E-state index contributed by atoms with van der Waals surface area (Å²) in [7, 11) is 0. The van der Waals surface area contributed by atoms with Gasteiger partial charge < -0.3 is 4.52 Å². The summed E-state index contributed by atoms with van der Waals surface area (Å²) in [5.74, 6) is 2.12. The Labute approximate surface area is 154 Å². The summed E-state index contributed by atoms with van der Waals surface area (Å²) in [5, 5.41) is 4.12. The summed E-state index contributed by atoms with van der Waals surface area (Å²) < 4.78 is 6.98. The van der Waals surface area contributed by atoms with Gasteiger partial charge >= 0.3 is 0 Å². The number of fused-ring (bicyclic) bond motifs is 1. The number of hydrogen-bond donors (Lipinski definition) is 0. The smallest absolute Gasteiger partial charge is 0.258 e. The Hall–Kier alpha value is -2.86. The van der Waals surface area contributed by atoms with Gasteiger partial charge in [0.25, 0.3) is 5.56 Å². The molecule has 26 heavy (non-hydrogen) atoms. The summed E-state index contributed by atoms with van der Waals surface area (Å²) in [6, 6.07) is 17.3. The average Bonchev–Trinajstić information content (AvgIpc) is 3.12. The summed E-state index contributed by atoms with van der Waals surface area (Å²) in [5.41, 5.74) is 4.28. The van der Waals surface area contributed by atoms with Crippen LogP contribution >= 0.6 is 11.8 Å². The molecule has 0 amide bonds. The molecule has 0 aliphatic carbocycles. The molecule has 0 spiro atoms. The van der Waals surface area contributed by atoms with Crippen molar-refractivity contribution in [2.24, 2.45) is 0 Å². The zero-order valence-electron chi connectivity index (χ0n) is 14.3. The van der Waals surface area contributed by atoms with Crippen molar-refractivity contribution >= 4 is 17.4 Å². The number of pyridine rings is 1. The van der Waals surface area contributed by atoms with E-state index < -0.39 is 0 Å². The summed E-state index contributed by atoms with van der Waals surface area (Å²) in [4.78, 5) is 16.8. The Morgan fingerprint density at radius 1 is 1.08 bits per heavy atom. The highest BCUT2D eigenvalue weighted by Gasteiger charge is 2.08. The fourth-order valence-corrected chi connectivity index (χ4v) is 3.51. The molecule has 0 fully saturated rings. The first kappa shape index (κ1) is 16.6. The maximum atomic E-state index is 12.2. The molecule has 0 radical (unpaired) electrons. The van der Waals surface area contributed by atoms with Gasteiger partial charge in [0.1, 0.15) is 17.1 Å². The summed E-state index contributed by atoms with van der Waals surface area (Å²) in [6.45, 7) is 1.96. The van der Waals surface area contributed by atoms with Crippen LogP contribution < -0.4 is 5.56 Å². The molecule has 5 nitrogen and oxygen atoms in total. The molecule has 3 heterocycles. The highest BCUT2D eigenvalue weighted by Crippen LogP contribution is 2.22. The maximum Gasteiger partial charge on any atom is 0.258 e. The quantitative estimate of drug-likeness (QED) is 0.534. The summed E-state index contributed by atoms with van der Waals surface area (Å²) >= 11 is 1.64. The first-order valence-corrected chi connectivity index (χ1v) is 9.42. The van der Waals surface area contributed by atoms with Crippen LogP contribution in [0.4, 0.5) is 0 Å². The number of benzene rings is 1. The molecule has 6 heteroatoms. The molecule has 0 N–H and O–H groups in total. The minimum atomic E-state index is -0.0553. The third-order valence-corrected chi connectivity index (χ3v) is 4.97. The topological polar surface area (TPSA) is 60.4 Å². The van der Waals surface area contributed by atoms with E-state index >= 15 is 0 Å². The molecule has 4 aromatic rings. The van der Waals surface area contributed by atoms with Gasteiger partial charge in [-0.15, -0.1) is 11.8 Å². The SMILES string of the molecule is Cc1ccc2nc(CSCc3cc(-c4ccccc4)no3)cc(=O)n2c1. The zero-order chi connectivity index (χ0) is 17.9. The Bertz CT molecular complexity index is 1100. The van der Waals surface area contributed by atoms with E-state index in [1.807, 2.05) is 55.5 Å². The van der Waals surface area contributed by atoms with Crippen LogP contribution in [-0.4, -0.2) is 14.5 Å². The van der Waals surface area contributed by atoms with Crippen LogP contribution in [0.5, 0.6) is 0 Å². The zero-order valence-corrected chi connectivity index (χ0v) is 15.1. The molecule has 0 aliphatic rings. The molecule has 0 aliphatic heterocycles. The molecule has 3 aromatic heterocycles. The van der Waals surface area contributed by atoms with Crippen molar-refractivity contribution in [2.75, 3.05) is 0 Å². The molecule has 130 valence electrons. The molecule has 0 saturated heterocycles. The second-order valence-electron chi connectivity index (χ2n) is 6.06. The van der Waals surface area contributed by atoms with Gasteiger partial charge in [-0.1, -0.05) is 41.6 Å². The molecule has 4 rings (SSSR count). The van der Waals surface area contributed by atoms with E-state index in [9.17, 15) is 4.79 Å². The van der Waals surface area contributed by atoms with Crippen molar-refractivity contribution < 1.29 is 4.52 Å². The van der Waals surface area contributed by atoms with Crippen LogP contribution in [0.25, 0.3) is 16.9 Å². The number of hydrogen-bond acceptors (Lipinski definition) is 5. The molecule has 0 atom stereocenters. The van der Waals surface area contributed by atoms with E-state index in [1.54, 1.807) is 28.4 Å². The second kappa shape index (κ2) is 7.17. The van der Waals surface area contributed by atoms with Crippen molar-refractivity contribution in [1.29, 1.82) is 0 Å². The van der Waals surface area contributed by atoms with Crippen LogP contribution in [0.2, 0.25) is 0 Å². The second-order valence-corrected chi connectivity index (χ2v) is 7.04. The van der Waals surface area contributed by atoms with E-state index in [2.05, 4.69) is 10.1 Å². The lowest BCUT2D eigenvalue weighted by Crippen LogP contribution is -2.15. The van der Waals surface area contributed by atoms with Crippen molar-refractivity contribution in [3.05, 3.63) is 88.2 Å². The largest absolute Gasteiger partial charge is 0.360 e. The molecule has 1 aromatic carbocycles. The van der Waals surface area contributed by atoms with Gasteiger partial charge in [0.05, 0.1) is 11.4 Å². The maximum absolute atomic E-state index is 12.2. The minimum absolute atomic E-state index is 0.0553. The van der Waals surface area contributed by atoms with Crippen LogP contribution in [0.15, 0.2) is 70.1 Å². The first-order chi connectivity index (χ1) is 12.7. The Balaban J connectivity index is 1.44. The predicted molar refractivity (Wildman–Crippen MR) is 103 cm³/mol. The third kappa shape index (κ3) is 3.55. The normalized spacial score (nSPS) is 11.1. The van der Waals surface area contributed by atoms with E-state index in [4.69, 9.17) is 4.52 Å². The van der Waals surface area contributed by atoms with E-state index in [0.717, 1.165) is 28.3 Å². The Kier molecular flexibility index (Phi) is 4.58. The van der Waals surface area contributed by atoms with Gasteiger partial charge in [-0.2, -0.15) is 0 Å². The Morgan fingerprint density at radius 2 is 1.92 bits per heavy atom. The van der Waals surface area contributed by atoms with Crippen molar-refractivity contribution in [3.8, 4) is 11.3 Å². The lowest BCUT2D eigenvalue weighted by molar-refractivity contribution is 0.397. The fourth-order valence-electron chi connectivity index (χ4n) is 2.71. The average molecular weight is 363 g/mol. The molecule has 0 bridgehead atoms. The monoisotopic (exact) mass is 363 g/mol. The van der Waals surface area contributed by atoms with Gasteiger partial charge in [-0.25, -0.2) is 4.98 Å². The van der Waals surface area contributed by atoms with E-state index in [-0.39, 0.29) is 5.56 Å². The van der Waals surface area contributed by atoms with E-state index in [1.165, 1.54) is 0 Å². The van der Waals surface area contributed by atoms with Crippen LogP contribution in [-0.2, 0) is 11.5 Å². The van der Waals surface area contributed by atoms with Crippen molar-refractivity contribution in [2.45, 2.75) is 18.4 Å². The van der Waals surface area contributed by atoms with Gasteiger partial charge in [0.2, 0.25) is 0 Å². The lowest BCUT2D eigenvalue weighted by atomic mass is 10.1. The van der Waals surface area contributed by atoms with Gasteiger partial charge in [-0.05, 0) is 18.6 Å². The number of nitrogens with zero attached hydrogens (tertiary/aromatic N) is 3. The number of aryl methyl sites for hydroxylation is 1. The molecular weight excluding hydrogens is 346 g/mol. The standard InChI is InChI=1S/C20H17N3O2S/c1-14-7-8-19-21-16(9-20(24)23(19)11-14)12-26-13-17-10-18(22-25-17)15-5-3-2-4-6-15/h2-11H,12-13H2,1H3. The molecule has 0 unspecified atom stereocenters. The third-order valence-electron chi connectivity index (χ3n) is 3.98. The predicted octanol–water partition coefficient (Wildman–Crippen LogP) is 4.09. The minimum Gasteiger partial charge on any atom is -0.360 e. The van der Waals surface area contributed by atoms with Crippen LogP contribution in [0.1, 0.15) is 17.0 Å². The number of thioether (sulfide) groups is 1. The fraction of sp³-hybridized carbons (Fsp3) is 0.150. The van der Waals surface area contributed by atoms with Gasteiger partial charge in [0, 0.05) is 29.6 Å². The summed E-state index contributed by atoms with van der Waals surface area (Å²) in [6.07, 6.45) is 1.81. The Morgan fingerprint density at radius 3 is 2.77 bits per heavy atom. The van der Waals surface area contributed by atoms with E-state index in [0.29, 0.717) is 17.2 Å². The van der Waals surface area contributed by atoms with Gasteiger partial charge in [0.15, 0.2) is 0 Å². The van der Waals surface area contributed by atoms with Crippen molar-refractivity contribution in [3.63, 3.8) is 0 Å². The highest BCUT2D eigenvalue weighted by atomic mass is 32.2. The number of rotatable bonds is 5. The molecule has 0 saturated carbocycles. The van der Waals surface area contributed by atoms with Crippen LogP contribution in [0, 0.1) is 6.92 Å². The van der Waals surface area contributed by atoms with Crippen molar-refractivity contribution in [1.82, 2.24) is 14.5 Å².